The van der Waals surface area contributed by atoms with Gasteiger partial charge in [-0.2, -0.15) is 0 Å². The molecule has 1 aromatic heterocycles. The Morgan fingerprint density at radius 3 is 2.40 bits per heavy atom. The van der Waals surface area contributed by atoms with Crippen molar-refractivity contribution in [3.05, 3.63) is 68.5 Å². The summed E-state index contributed by atoms with van der Waals surface area (Å²) in [6.45, 7) is 4.10. The Bertz CT molecular complexity index is 756. The Morgan fingerprint density at radius 1 is 1.05 bits per heavy atom. The number of rotatable bonds is 2. The normalized spacial score (nSPS) is 12.8. The van der Waals surface area contributed by atoms with Gasteiger partial charge in [0, 0.05) is 14.7 Å². The second kappa shape index (κ2) is 5.32. The number of hydrogen-bond donors (Lipinski definition) is 1. The van der Waals surface area contributed by atoms with E-state index < -0.39 is 6.10 Å². The molecule has 1 atom stereocenters. The molecule has 102 valence electrons. The van der Waals surface area contributed by atoms with Gasteiger partial charge < -0.3 is 5.11 Å². The lowest BCUT2D eigenvalue weighted by Crippen LogP contribution is -2.03. The van der Waals surface area contributed by atoms with Crippen LogP contribution in [0.1, 0.15) is 28.4 Å². The third-order valence-corrected chi connectivity index (χ3v) is 5.66. The quantitative estimate of drug-likeness (QED) is 0.661. The van der Waals surface area contributed by atoms with Gasteiger partial charge in [-0.25, -0.2) is 0 Å². The third kappa shape index (κ3) is 2.20. The average molecular weight is 347 g/mol. The van der Waals surface area contributed by atoms with E-state index in [1.54, 1.807) is 11.3 Å². The molecule has 1 heterocycles. The van der Waals surface area contributed by atoms with Gasteiger partial charge in [-0.05, 0) is 63.3 Å². The molecule has 0 aliphatic rings. The van der Waals surface area contributed by atoms with E-state index in [4.69, 9.17) is 0 Å². The zero-order valence-corrected chi connectivity index (χ0v) is 13.8. The number of benzene rings is 2. The molecule has 3 heteroatoms. The average Bonchev–Trinajstić information content (AvgIpc) is 2.83. The van der Waals surface area contributed by atoms with Gasteiger partial charge in [-0.3, -0.25) is 0 Å². The lowest BCUT2D eigenvalue weighted by molar-refractivity contribution is 0.221. The maximum absolute atomic E-state index is 10.8. The van der Waals surface area contributed by atoms with Gasteiger partial charge in [0.1, 0.15) is 6.10 Å². The van der Waals surface area contributed by atoms with Crippen LogP contribution in [0.3, 0.4) is 0 Å². The Kier molecular flexibility index (Phi) is 3.67. The first-order chi connectivity index (χ1) is 9.59. The molecule has 0 saturated heterocycles. The van der Waals surface area contributed by atoms with Crippen LogP contribution in [0.5, 0.6) is 0 Å². The molecule has 0 saturated carbocycles. The Balaban J connectivity index is 2.18. The number of hydrogen-bond acceptors (Lipinski definition) is 2. The van der Waals surface area contributed by atoms with Gasteiger partial charge in [0.15, 0.2) is 0 Å². The van der Waals surface area contributed by atoms with Crippen LogP contribution in [0.4, 0.5) is 0 Å². The van der Waals surface area contributed by atoms with E-state index in [9.17, 15) is 5.11 Å². The molecule has 0 aliphatic heterocycles. The van der Waals surface area contributed by atoms with Crippen molar-refractivity contribution < 1.29 is 5.11 Å². The minimum Gasteiger partial charge on any atom is -0.384 e. The van der Waals surface area contributed by atoms with Gasteiger partial charge >= 0.3 is 0 Å². The maximum Gasteiger partial charge on any atom is 0.106 e. The molecule has 0 aliphatic carbocycles. The first kappa shape index (κ1) is 13.8. The molecule has 0 amide bonds. The molecule has 20 heavy (non-hydrogen) atoms. The van der Waals surface area contributed by atoms with Crippen LogP contribution in [0.15, 0.2) is 46.3 Å². The molecule has 3 rings (SSSR count). The highest BCUT2D eigenvalue weighted by atomic mass is 79.9. The zero-order chi connectivity index (χ0) is 14.3. The summed E-state index contributed by atoms with van der Waals surface area (Å²) >= 11 is 5.24. The summed E-state index contributed by atoms with van der Waals surface area (Å²) in [5.74, 6) is 0. The molecule has 1 nitrogen and oxygen atoms in total. The summed E-state index contributed by atoms with van der Waals surface area (Å²) < 4.78 is 2.27. The van der Waals surface area contributed by atoms with Gasteiger partial charge in [0.25, 0.3) is 0 Å². The number of thiophene rings is 1. The van der Waals surface area contributed by atoms with Crippen molar-refractivity contribution in [1.82, 2.24) is 0 Å². The lowest BCUT2D eigenvalue weighted by atomic mass is 9.93. The van der Waals surface area contributed by atoms with E-state index in [2.05, 4.69) is 53.4 Å². The first-order valence-electron chi connectivity index (χ1n) is 6.49. The molecule has 1 unspecified atom stereocenters. The van der Waals surface area contributed by atoms with E-state index in [1.165, 1.54) is 4.70 Å². The van der Waals surface area contributed by atoms with Crippen molar-refractivity contribution >= 4 is 37.4 Å². The third-order valence-electron chi connectivity index (χ3n) is 3.69. The molecule has 1 N–H and O–H groups in total. The smallest absolute Gasteiger partial charge is 0.106 e. The second-order valence-corrected chi connectivity index (χ2v) is 6.75. The van der Waals surface area contributed by atoms with Crippen molar-refractivity contribution in [2.75, 3.05) is 0 Å². The highest BCUT2D eigenvalue weighted by Crippen LogP contribution is 2.38. The Morgan fingerprint density at radius 2 is 1.70 bits per heavy atom. The van der Waals surface area contributed by atoms with Crippen LogP contribution in [-0.2, 0) is 0 Å². The van der Waals surface area contributed by atoms with Crippen molar-refractivity contribution in [3.63, 3.8) is 0 Å². The van der Waals surface area contributed by atoms with Crippen LogP contribution in [0, 0.1) is 13.8 Å². The fourth-order valence-electron chi connectivity index (χ4n) is 2.67. The molecule has 0 radical (unpaired) electrons. The van der Waals surface area contributed by atoms with E-state index >= 15 is 0 Å². The standard InChI is InChI=1S/C17H15BrOS/c1-10-5-3-6-11(2)15(10)16(19)13-9-20-17-12(13)7-4-8-14(17)18/h3-9,16,19H,1-2H3. The van der Waals surface area contributed by atoms with Gasteiger partial charge in [-0.1, -0.05) is 30.3 Å². The lowest BCUT2D eigenvalue weighted by Gasteiger charge is -2.16. The summed E-state index contributed by atoms with van der Waals surface area (Å²) in [5, 5.41) is 14.0. The van der Waals surface area contributed by atoms with E-state index in [1.807, 2.05) is 18.2 Å². The van der Waals surface area contributed by atoms with Crippen LogP contribution in [-0.4, -0.2) is 5.11 Å². The van der Waals surface area contributed by atoms with Crippen molar-refractivity contribution in [1.29, 1.82) is 0 Å². The molecular formula is C17H15BrOS. The van der Waals surface area contributed by atoms with Crippen LogP contribution in [0.2, 0.25) is 0 Å². The predicted octanol–water partition coefficient (Wildman–Crippen LogP) is 5.36. The highest BCUT2D eigenvalue weighted by molar-refractivity contribution is 9.10. The largest absolute Gasteiger partial charge is 0.384 e. The second-order valence-electron chi connectivity index (χ2n) is 5.02. The van der Waals surface area contributed by atoms with E-state index in [-0.39, 0.29) is 0 Å². The molecule has 3 aromatic rings. The van der Waals surface area contributed by atoms with Gasteiger partial charge in [0.05, 0.1) is 0 Å². The van der Waals surface area contributed by atoms with E-state index in [0.717, 1.165) is 32.1 Å². The molecule has 0 bridgehead atoms. The minimum absolute atomic E-state index is 0.570. The monoisotopic (exact) mass is 346 g/mol. The van der Waals surface area contributed by atoms with Gasteiger partial charge in [0.2, 0.25) is 0 Å². The summed E-state index contributed by atoms with van der Waals surface area (Å²) in [7, 11) is 0. The number of fused-ring (bicyclic) bond motifs is 1. The Labute approximate surface area is 131 Å². The molecular weight excluding hydrogens is 332 g/mol. The van der Waals surface area contributed by atoms with Crippen LogP contribution < -0.4 is 0 Å². The summed E-state index contributed by atoms with van der Waals surface area (Å²) in [6, 6.07) is 12.3. The predicted molar refractivity (Wildman–Crippen MR) is 89.5 cm³/mol. The summed E-state index contributed by atoms with van der Waals surface area (Å²) in [4.78, 5) is 0. The SMILES string of the molecule is Cc1cccc(C)c1C(O)c1csc2c(Br)cccc12. The highest BCUT2D eigenvalue weighted by Gasteiger charge is 2.19. The zero-order valence-electron chi connectivity index (χ0n) is 11.4. The van der Waals surface area contributed by atoms with Gasteiger partial charge in [-0.15, -0.1) is 11.3 Å². The molecule has 0 fully saturated rings. The number of aryl methyl sites for hydroxylation is 2. The number of aliphatic hydroxyl groups excluding tert-OH is 1. The van der Waals surface area contributed by atoms with E-state index in [0.29, 0.717) is 0 Å². The van der Waals surface area contributed by atoms with Crippen LogP contribution >= 0.6 is 27.3 Å². The molecule has 0 spiro atoms. The fraction of sp³-hybridized carbons (Fsp3) is 0.176. The minimum atomic E-state index is -0.570. The summed E-state index contributed by atoms with van der Waals surface area (Å²) in [5.41, 5.74) is 4.27. The fourth-order valence-corrected chi connectivity index (χ4v) is 4.31. The Hall–Kier alpha value is -1.16. The molecule has 2 aromatic carbocycles. The van der Waals surface area contributed by atoms with Crippen LogP contribution in [0.25, 0.3) is 10.1 Å². The van der Waals surface area contributed by atoms with Crippen molar-refractivity contribution in [2.45, 2.75) is 20.0 Å². The maximum atomic E-state index is 10.8. The first-order valence-corrected chi connectivity index (χ1v) is 8.16. The number of aliphatic hydroxyl groups is 1. The van der Waals surface area contributed by atoms with Crippen molar-refractivity contribution in [3.8, 4) is 0 Å². The summed E-state index contributed by atoms with van der Waals surface area (Å²) in [6.07, 6.45) is -0.570. The van der Waals surface area contributed by atoms with Crippen molar-refractivity contribution in [2.24, 2.45) is 0 Å². The number of halogens is 1. The topological polar surface area (TPSA) is 20.2 Å².